The number of aromatic nitrogens is 1. The van der Waals surface area contributed by atoms with Gasteiger partial charge in [0.15, 0.2) is 0 Å². The Bertz CT molecular complexity index is 700. The molecule has 1 heterocycles. The molecule has 1 aromatic heterocycles. The third-order valence-electron chi connectivity index (χ3n) is 2.80. The van der Waals surface area contributed by atoms with Crippen molar-refractivity contribution in [2.24, 2.45) is 0 Å². The summed E-state index contributed by atoms with van der Waals surface area (Å²) in [5.41, 5.74) is 0.603. The zero-order valence-corrected chi connectivity index (χ0v) is 11.1. The monoisotopic (exact) mass is 288 g/mol. The molecular weight excluding hydrogens is 276 g/mol. The Morgan fingerprint density at radius 1 is 1.38 bits per heavy atom. The Kier molecular flexibility index (Phi) is 4.13. The van der Waals surface area contributed by atoms with Gasteiger partial charge >= 0.3 is 11.7 Å². The van der Waals surface area contributed by atoms with Gasteiger partial charge in [0.05, 0.1) is 11.3 Å². The first kappa shape index (κ1) is 14.4. The summed E-state index contributed by atoms with van der Waals surface area (Å²) in [4.78, 5) is 25.2. The van der Waals surface area contributed by atoms with Gasteiger partial charge in [-0.3, -0.25) is 14.9 Å². The molecule has 21 heavy (non-hydrogen) atoms. The van der Waals surface area contributed by atoms with Crippen LogP contribution < -0.4 is 4.74 Å². The number of carboxylic acid groups (broad SMARTS) is 1. The van der Waals surface area contributed by atoms with Crippen LogP contribution in [-0.4, -0.2) is 21.0 Å². The van der Waals surface area contributed by atoms with E-state index in [1.807, 2.05) is 0 Å². The van der Waals surface area contributed by atoms with Gasteiger partial charge in [-0.25, -0.2) is 4.98 Å². The lowest BCUT2D eigenvalue weighted by Gasteiger charge is -2.09. The number of pyridine rings is 1. The third-order valence-corrected chi connectivity index (χ3v) is 2.80. The van der Waals surface area contributed by atoms with Crippen molar-refractivity contribution in [2.45, 2.75) is 13.3 Å². The summed E-state index contributed by atoms with van der Waals surface area (Å²) in [6.07, 6.45) is 1.16. The molecule has 0 unspecified atom stereocenters. The van der Waals surface area contributed by atoms with Gasteiger partial charge in [0.1, 0.15) is 5.75 Å². The van der Waals surface area contributed by atoms with Crippen LogP contribution in [0.1, 0.15) is 11.1 Å². The molecule has 0 aliphatic rings. The lowest BCUT2D eigenvalue weighted by Crippen LogP contribution is -2.03. The average Bonchev–Trinajstić information content (AvgIpc) is 2.40. The van der Waals surface area contributed by atoms with Crippen LogP contribution >= 0.6 is 0 Å². The molecule has 2 aromatic rings. The van der Waals surface area contributed by atoms with E-state index in [9.17, 15) is 14.9 Å². The highest BCUT2D eigenvalue weighted by Gasteiger charge is 2.21. The predicted molar refractivity (Wildman–Crippen MR) is 73.5 cm³/mol. The molecule has 0 amide bonds. The van der Waals surface area contributed by atoms with Gasteiger partial charge in [0, 0.05) is 17.3 Å². The molecule has 1 aromatic carbocycles. The highest BCUT2D eigenvalue weighted by molar-refractivity contribution is 5.71. The van der Waals surface area contributed by atoms with Crippen molar-refractivity contribution < 1.29 is 19.6 Å². The van der Waals surface area contributed by atoms with E-state index in [1.165, 1.54) is 12.3 Å². The van der Waals surface area contributed by atoms with Crippen LogP contribution in [0.15, 0.2) is 36.5 Å². The van der Waals surface area contributed by atoms with Gasteiger partial charge in [0.25, 0.3) is 5.88 Å². The Morgan fingerprint density at radius 2 is 2.10 bits per heavy atom. The largest absolute Gasteiger partial charge is 0.481 e. The van der Waals surface area contributed by atoms with Crippen LogP contribution in [0, 0.1) is 17.0 Å². The molecule has 7 heteroatoms. The van der Waals surface area contributed by atoms with Gasteiger partial charge in [-0.2, -0.15) is 0 Å². The van der Waals surface area contributed by atoms with Crippen LogP contribution in [0.4, 0.5) is 5.69 Å². The number of carbonyl (C=O) groups is 1. The number of benzene rings is 1. The first-order valence-electron chi connectivity index (χ1n) is 6.06. The number of hydrogen-bond acceptors (Lipinski definition) is 5. The highest BCUT2D eigenvalue weighted by Crippen LogP contribution is 2.33. The Hall–Kier alpha value is -2.96. The van der Waals surface area contributed by atoms with Crippen molar-refractivity contribution in [3.63, 3.8) is 0 Å². The molecule has 0 atom stereocenters. The smallest absolute Gasteiger partial charge is 0.334 e. The fourth-order valence-electron chi connectivity index (χ4n) is 1.84. The maximum Gasteiger partial charge on any atom is 0.334 e. The summed E-state index contributed by atoms with van der Waals surface area (Å²) in [6.45, 7) is 1.58. The first-order valence-corrected chi connectivity index (χ1v) is 6.06. The minimum absolute atomic E-state index is 0.155. The maximum atomic E-state index is 11.1. The minimum atomic E-state index is -1.02. The number of aliphatic carboxylic acids is 1. The maximum absolute atomic E-state index is 11.1. The summed E-state index contributed by atoms with van der Waals surface area (Å²) < 4.78 is 5.47. The van der Waals surface area contributed by atoms with Gasteiger partial charge in [-0.05, 0) is 19.1 Å². The second-order valence-electron chi connectivity index (χ2n) is 4.32. The molecule has 0 aliphatic carbocycles. The van der Waals surface area contributed by atoms with Crippen LogP contribution in [0.25, 0.3) is 0 Å². The van der Waals surface area contributed by atoms with Gasteiger partial charge in [0.2, 0.25) is 0 Å². The second kappa shape index (κ2) is 6.00. The number of rotatable bonds is 5. The van der Waals surface area contributed by atoms with Crippen molar-refractivity contribution in [2.75, 3.05) is 0 Å². The van der Waals surface area contributed by atoms with E-state index in [4.69, 9.17) is 9.84 Å². The number of aryl methyl sites for hydroxylation is 1. The van der Waals surface area contributed by atoms with Crippen molar-refractivity contribution in [3.05, 3.63) is 57.8 Å². The summed E-state index contributed by atoms with van der Waals surface area (Å²) in [6, 6.07) is 7.97. The standard InChI is InChI=1S/C14H12N2O5/c1-9-6-7-15-14(13(9)16(19)20)21-11-5-3-2-4-10(11)8-12(17)18/h2-7H,8H2,1H3,(H,17,18). The van der Waals surface area contributed by atoms with Crippen LogP contribution in [0.2, 0.25) is 0 Å². The van der Waals surface area contributed by atoms with E-state index in [2.05, 4.69) is 4.98 Å². The number of para-hydroxylation sites is 1. The van der Waals surface area contributed by atoms with E-state index in [1.54, 1.807) is 31.2 Å². The summed E-state index contributed by atoms with van der Waals surface area (Å²) >= 11 is 0. The number of hydrogen-bond donors (Lipinski definition) is 1. The van der Waals surface area contributed by atoms with E-state index in [0.29, 0.717) is 11.1 Å². The van der Waals surface area contributed by atoms with Crippen molar-refractivity contribution in [1.82, 2.24) is 4.98 Å². The zero-order valence-electron chi connectivity index (χ0n) is 11.1. The van der Waals surface area contributed by atoms with Crippen molar-refractivity contribution in [1.29, 1.82) is 0 Å². The molecule has 1 N–H and O–H groups in total. The SMILES string of the molecule is Cc1ccnc(Oc2ccccc2CC(=O)O)c1[N+](=O)[O-]. The topological polar surface area (TPSA) is 103 Å². The highest BCUT2D eigenvalue weighted by atomic mass is 16.6. The Labute approximate surface area is 120 Å². The van der Waals surface area contributed by atoms with Crippen molar-refractivity contribution >= 4 is 11.7 Å². The van der Waals surface area contributed by atoms with Crippen LogP contribution in [0.3, 0.4) is 0 Å². The number of ether oxygens (including phenoxy) is 1. The molecule has 0 aliphatic heterocycles. The normalized spacial score (nSPS) is 10.1. The van der Waals surface area contributed by atoms with E-state index < -0.39 is 10.9 Å². The lowest BCUT2D eigenvalue weighted by atomic mass is 10.1. The van der Waals surface area contributed by atoms with Crippen LogP contribution in [0.5, 0.6) is 11.6 Å². The molecule has 2 rings (SSSR count). The van der Waals surface area contributed by atoms with Gasteiger partial charge < -0.3 is 9.84 Å². The Morgan fingerprint density at radius 3 is 2.76 bits per heavy atom. The molecule has 0 fully saturated rings. The molecule has 0 radical (unpaired) electrons. The number of nitrogens with zero attached hydrogens (tertiary/aromatic N) is 2. The molecule has 0 saturated carbocycles. The lowest BCUT2D eigenvalue weighted by molar-refractivity contribution is -0.386. The number of carboxylic acids is 1. The fourth-order valence-corrected chi connectivity index (χ4v) is 1.84. The first-order chi connectivity index (χ1) is 9.99. The summed E-state index contributed by atoms with van der Waals surface area (Å²) in [5, 5.41) is 20.0. The molecule has 0 saturated heterocycles. The average molecular weight is 288 g/mol. The van der Waals surface area contributed by atoms with Crippen LogP contribution in [-0.2, 0) is 11.2 Å². The fraction of sp³-hybridized carbons (Fsp3) is 0.143. The quantitative estimate of drug-likeness (QED) is 0.670. The second-order valence-corrected chi connectivity index (χ2v) is 4.32. The van der Waals surface area contributed by atoms with Gasteiger partial charge in [-0.1, -0.05) is 18.2 Å². The van der Waals surface area contributed by atoms with E-state index >= 15 is 0 Å². The summed E-state index contributed by atoms with van der Waals surface area (Å²) in [7, 11) is 0. The predicted octanol–water partition coefficient (Wildman–Crippen LogP) is 2.72. The molecule has 108 valence electrons. The summed E-state index contributed by atoms with van der Waals surface area (Å²) in [5.74, 6) is -0.934. The molecule has 0 spiro atoms. The van der Waals surface area contributed by atoms with E-state index in [0.717, 1.165) is 0 Å². The minimum Gasteiger partial charge on any atom is -0.481 e. The molecule has 7 nitrogen and oxygen atoms in total. The Balaban J connectivity index is 2.42. The zero-order chi connectivity index (χ0) is 15.4. The van der Waals surface area contributed by atoms with E-state index in [-0.39, 0.29) is 23.7 Å². The molecule has 0 bridgehead atoms. The molecular formula is C14H12N2O5. The number of nitro groups is 1. The van der Waals surface area contributed by atoms with Crippen molar-refractivity contribution in [3.8, 4) is 11.6 Å². The van der Waals surface area contributed by atoms with Gasteiger partial charge in [-0.15, -0.1) is 0 Å². The third kappa shape index (κ3) is 3.33.